The third-order valence-corrected chi connectivity index (χ3v) is 4.80. The molecule has 3 N–H and O–H groups in total. The standard InChI is InChI=1S/C16H11F2N2O7P/c17-16(18,28(24,25)26)10-1-6-13-9(7-10)8-14(19-13)15(21)27-12-4-2-11(3-5-12)20(22)23/h1-8,19H,(H2,24,25,26). The van der Waals surface area contributed by atoms with Crippen molar-refractivity contribution in [3.05, 3.63) is 69.9 Å². The highest BCUT2D eigenvalue weighted by atomic mass is 31.2. The van der Waals surface area contributed by atoms with Crippen LogP contribution in [0.4, 0.5) is 14.5 Å². The van der Waals surface area contributed by atoms with Crippen molar-refractivity contribution in [3.63, 3.8) is 0 Å². The summed E-state index contributed by atoms with van der Waals surface area (Å²) < 4.78 is 43.7. The van der Waals surface area contributed by atoms with E-state index in [2.05, 4.69) is 4.98 Å². The van der Waals surface area contributed by atoms with Gasteiger partial charge in [0.1, 0.15) is 11.4 Å². The number of esters is 1. The van der Waals surface area contributed by atoms with Gasteiger partial charge in [-0.2, -0.15) is 8.78 Å². The third-order valence-electron chi connectivity index (χ3n) is 3.81. The van der Waals surface area contributed by atoms with E-state index >= 15 is 0 Å². The Kier molecular flexibility index (Phi) is 4.76. The smallest absolute Gasteiger partial charge is 0.399 e. The fraction of sp³-hybridized carbons (Fsp3) is 0.0625. The van der Waals surface area contributed by atoms with Gasteiger partial charge in [-0.3, -0.25) is 14.7 Å². The van der Waals surface area contributed by atoms with Gasteiger partial charge >= 0.3 is 19.2 Å². The van der Waals surface area contributed by atoms with Crippen LogP contribution in [0.5, 0.6) is 5.75 Å². The first-order chi connectivity index (χ1) is 13.0. The van der Waals surface area contributed by atoms with E-state index in [4.69, 9.17) is 14.5 Å². The normalized spacial score (nSPS) is 12.1. The van der Waals surface area contributed by atoms with Crippen molar-refractivity contribution in [1.29, 1.82) is 0 Å². The van der Waals surface area contributed by atoms with E-state index in [1.54, 1.807) is 0 Å². The van der Waals surface area contributed by atoms with Crippen molar-refractivity contribution in [2.75, 3.05) is 0 Å². The molecule has 0 amide bonds. The molecule has 0 aliphatic carbocycles. The quantitative estimate of drug-likeness (QED) is 0.191. The van der Waals surface area contributed by atoms with Crippen molar-refractivity contribution in [1.82, 2.24) is 4.98 Å². The molecule has 0 bridgehead atoms. The first-order valence-electron chi connectivity index (χ1n) is 7.52. The van der Waals surface area contributed by atoms with E-state index in [1.807, 2.05) is 0 Å². The Morgan fingerprint density at radius 3 is 2.36 bits per heavy atom. The number of hydrogen-bond donors (Lipinski definition) is 3. The Morgan fingerprint density at radius 2 is 1.79 bits per heavy atom. The van der Waals surface area contributed by atoms with E-state index in [1.165, 1.54) is 18.2 Å². The summed E-state index contributed by atoms with van der Waals surface area (Å²) in [5, 5.41) is 10.7. The largest absolute Gasteiger partial charge is 0.422 e. The van der Waals surface area contributed by atoms with Crippen molar-refractivity contribution in [2.24, 2.45) is 0 Å². The number of hydrogen-bond acceptors (Lipinski definition) is 5. The summed E-state index contributed by atoms with van der Waals surface area (Å²) in [6.45, 7) is 0. The topological polar surface area (TPSA) is 143 Å². The first kappa shape index (κ1) is 19.6. The number of H-pyrrole nitrogens is 1. The number of aromatic amines is 1. The van der Waals surface area contributed by atoms with Crippen molar-refractivity contribution < 1.29 is 37.6 Å². The van der Waals surface area contributed by atoms with Crippen LogP contribution in [0.3, 0.4) is 0 Å². The minimum atomic E-state index is -5.72. The van der Waals surface area contributed by atoms with Crippen LogP contribution < -0.4 is 4.74 Å². The first-order valence-corrected chi connectivity index (χ1v) is 9.13. The SMILES string of the molecule is O=C(Oc1ccc([N+](=O)[O-])cc1)c1cc2cc(C(F)(F)P(=O)(O)O)ccc2[nH]1. The third kappa shape index (κ3) is 3.63. The fourth-order valence-electron chi connectivity index (χ4n) is 2.40. The van der Waals surface area contributed by atoms with Gasteiger partial charge in [0, 0.05) is 28.6 Å². The van der Waals surface area contributed by atoms with Crippen LogP contribution >= 0.6 is 7.60 Å². The van der Waals surface area contributed by atoms with Gasteiger partial charge < -0.3 is 19.5 Å². The van der Waals surface area contributed by atoms with Gasteiger partial charge in [0.05, 0.1) is 4.92 Å². The number of nitrogens with one attached hydrogen (secondary N) is 1. The van der Waals surface area contributed by atoms with Gasteiger partial charge in [-0.25, -0.2) is 4.79 Å². The lowest BCUT2D eigenvalue weighted by Gasteiger charge is -2.17. The van der Waals surface area contributed by atoms with Crippen LogP contribution in [0, 0.1) is 10.1 Å². The summed E-state index contributed by atoms with van der Waals surface area (Å²) in [6, 6.07) is 8.75. The fourth-order valence-corrected chi connectivity index (χ4v) is 2.87. The van der Waals surface area contributed by atoms with E-state index in [9.17, 15) is 28.3 Å². The number of rotatable bonds is 5. The summed E-state index contributed by atoms with van der Waals surface area (Å²) in [4.78, 5) is 42.5. The van der Waals surface area contributed by atoms with Crippen LogP contribution in [0.1, 0.15) is 16.1 Å². The second kappa shape index (κ2) is 6.79. The molecule has 0 atom stereocenters. The molecule has 0 spiro atoms. The maximum Gasteiger partial charge on any atom is 0.399 e. The molecule has 3 rings (SSSR count). The minimum absolute atomic E-state index is 0.0305. The summed E-state index contributed by atoms with van der Waals surface area (Å²) in [5.41, 5.74) is -5.31. The predicted octanol–water partition coefficient (Wildman–Crippen LogP) is 3.52. The molecule has 1 aromatic heterocycles. The number of carbonyl (C=O) groups is 1. The van der Waals surface area contributed by atoms with Crippen LogP contribution in [-0.4, -0.2) is 25.7 Å². The number of benzene rings is 2. The van der Waals surface area contributed by atoms with Crippen LogP contribution in [-0.2, 0) is 10.2 Å². The molecule has 28 heavy (non-hydrogen) atoms. The number of alkyl halides is 2. The van der Waals surface area contributed by atoms with Crippen LogP contribution in [0.25, 0.3) is 10.9 Å². The number of aromatic nitrogens is 1. The number of nitro benzene ring substituents is 1. The molecule has 2 aromatic carbocycles. The number of ether oxygens (including phenoxy) is 1. The number of carbonyl (C=O) groups excluding carboxylic acids is 1. The van der Waals surface area contributed by atoms with Crippen molar-refractivity contribution in [3.8, 4) is 5.75 Å². The van der Waals surface area contributed by atoms with E-state index in [0.29, 0.717) is 0 Å². The van der Waals surface area contributed by atoms with Crippen LogP contribution in [0.15, 0.2) is 48.5 Å². The Bertz CT molecular complexity index is 1120. The number of nitro groups is 1. The number of fused-ring (bicyclic) bond motifs is 1. The molecule has 0 saturated carbocycles. The zero-order valence-corrected chi connectivity index (χ0v) is 14.6. The molecule has 0 saturated heterocycles. The number of halogens is 2. The maximum absolute atomic E-state index is 13.8. The van der Waals surface area contributed by atoms with Crippen molar-refractivity contribution in [2.45, 2.75) is 5.66 Å². The molecular weight excluding hydrogens is 401 g/mol. The number of nitrogens with zero attached hydrogens (tertiary/aromatic N) is 1. The molecule has 0 unspecified atom stereocenters. The average Bonchev–Trinajstić information content (AvgIpc) is 3.04. The molecule has 0 radical (unpaired) electrons. The summed E-state index contributed by atoms with van der Waals surface area (Å²) in [5.74, 6) is -0.851. The van der Waals surface area contributed by atoms with Gasteiger partial charge in [0.2, 0.25) is 0 Å². The average molecular weight is 412 g/mol. The summed E-state index contributed by atoms with van der Waals surface area (Å²) in [6.07, 6.45) is 0. The zero-order chi connectivity index (χ0) is 20.7. The van der Waals surface area contributed by atoms with Gasteiger partial charge in [0.15, 0.2) is 0 Å². The molecule has 12 heteroatoms. The highest BCUT2D eigenvalue weighted by Gasteiger charge is 2.50. The number of non-ortho nitro benzene ring substituents is 1. The lowest BCUT2D eigenvalue weighted by molar-refractivity contribution is -0.384. The molecule has 1 heterocycles. The molecule has 0 aliphatic rings. The molecule has 0 fully saturated rings. The molecule has 9 nitrogen and oxygen atoms in total. The van der Waals surface area contributed by atoms with E-state index in [0.717, 1.165) is 30.3 Å². The maximum atomic E-state index is 13.8. The van der Waals surface area contributed by atoms with Gasteiger partial charge in [-0.15, -0.1) is 0 Å². The van der Waals surface area contributed by atoms with Gasteiger partial charge in [0.25, 0.3) is 5.69 Å². The molecule has 3 aromatic rings. The molecule has 0 aliphatic heterocycles. The van der Waals surface area contributed by atoms with Crippen molar-refractivity contribution >= 4 is 30.2 Å². The molecule has 146 valence electrons. The van der Waals surface area contributed by atoms with E-state index < -0.39 is 29.7 Å². The zero-order valence-electron chi connectivity index (χ0n) is 13.7. The van der Waals surface area contributed by atoms with Gasteiger partial charge in [-0.1, -0.05) is 6.07 Å². The highest BCUT2D eigenvalue weighted by Crippen LogP contribution is 2.59. The van der Waals surface area contributed by atoms with E-state index in [-0.39, 0.29) is 28.0 Å². The Hall–Kier alpha value is -3.14. The lowest BCUT2D eigenvalue weighted by Crippen LogP contribution is -2.13. The van der Waals surface area contributed by atoms with Gasteiger partial charge in [-0.05, 0) is 30.3 Å². The lowest BCUT2D eigenvalue weighted by atomic mass is 10.1. The van der Waals surface area contributed by atoms with Crippen LogP contribution in [0.2, 0.25) is 0 Å². The highest BCUT2D eigenvalue weighted by molar-refractivity contribution is 7.52. The second-order valence-corrected chi connectivity index (χ2v) is 7.36. The Labute approximate surface area is 154 Å². The minimum Gasteiger partial charge on any atom is -0.422 e. The summed E-state index contributed by atoms with van der Waals surface area (Å²) >= 11 is 0. The predicted molar refractivity (Wildman–Crippen MR) is 92.3 cm³/mol. The molecular formula is C16H11F2N2O7P. The Morgan fingerprint density at radius 1 is 1.14 bits per heavy atom. The second-order valence-electron chi connectivity index (χ2n) is 5.71. The Balaban J connectivity index is 1.86. The summed E-state index contributed by atoms with van der Waals surface area (Å²) in [7, 11) is -5.72. The monoisotopic (exact) mass is 412 g/mol.